The normalized spacial score (nSPS) is 25.7. The molecule has 2 aromatic carbocycles. The minimum atomic E-state index is -2.45. The maximum absolute atomic E-state index is 14.2. The molecule has 1 aliphatic heterocycles. The van der Waals surface area contributed by atoms with Crippen LogP contribution in [0.2, 0.25) is 0 Å². The predicted octanol–water partition coefficient (Wildman–Crippen LogP) is 6.32. The van der Waals surface area contributed by atoms with E-state index in [4.69, 9.17) is 0 Å². The van der Waals surface area contributed by atoms with Gasteiger partial charge in [-0.1, -0.05) is 67.9 Å². The van der Waals surface area contributed by atoms with Crippen LogP contribution < -0.4 is 0 Å². The summed E-state index contributed by atoms with van der Waals surface area (Å²) < 4.78 is 16.2. The van der Waals surface area contributed by atoms with Crippen LogP contribution in [0.1, 0.15) is 55.0 Å². The minimum absolute atomic E-state index is 0.173. The zero-order valence-electron chi connectivity index (χ0n) is 16.4. The SMILES string of the molecule is CCCCc1ccc([C@@H]2CC[C@@H](Cc3ccccc3)P2(=O)N(C)C)cc1. The van der Waals surface area contributed by atoms with E-state index in [1.165, 1.54) is 29.5 Å². The Morgan fingerprint density at radius 3 is 2.27 bits per heavy atom. The highest BCUT2D eigenvalue weighted by atomic mass is 31.2. The first-order chi connectivity index (χ1) is 12.6. The summed E-state index contributed by atoms with van der Waals surface area (Å²) in [6.07, 6.45) is 6.60. The third-order valence-electron chi connectivity index (χ3n) is 5.87. The molecule has 0 saturated carbocycles. The molecule has 0 N–H and O–H groups in total. The second kappa shape index (κ2) is 8.55. The Bertz CT molecular complexity index is 739. The van der Waals surface area contributed by atoms with Crippen LogP contribution in [-0.4, -0.2) is 24.4 Å². The summed E-state index contributed by atoms with van der Waals surface area (Å²) >= 11 is 0. The molecule has 3 heteroatoms. The number of hydrogen-bond donors (Lipinski definition) is 0. The van der Waals surface area contributed by atoms with Crippen molar-refractivity contribution in [2.24, 2.45) is 0 Å². The van der Waals surface area contributed by atoms with Gasteiger partial charge >= 0.3 is 0 Å². The average molecular weight is 369 g/mol. The minimum Gasteiger partial charge on any atom is -0.306 e. The van der Waals surface area contributed by atoms with E-state index in [1.807, 2.05) is 24.8 Å². The van der Waals surface area contributed by atoms with E-state index in [0.29, 0.717) is 0 Å². The number of rotatable bonds is 7. The van der Waals surface area contributed by atoms with Crippen LogP contribution in [-0.2, 0) is 17.4 Å². The van der Waals surface area contributed by atoms with Crippen LogP contribution in [0.3, 0.4) is 0 Å². The average Bonchev–Trinajstić information content (AvgIpc) is 2.99. The molecule has 1 saturated heterocycles. The van der Waals surface area contributed by atoms with E-state index in [9.17, 15) is 4.57 Å². The van der Waals surface area contributed by atoms with E-state index in [1.54, 1.807) is 0 Å². The van der Waals surface area contributed by atoms with E-state index >= 15 is 0 Å². The number of benzene rings is 2. The quantitative estimate of drug-likeness (QED) is 0.533. The Morgan fingerprint density at radius 2 is 1.65 bits per heavy atom. The van der Waals surface area contributed by atoms with Crippen molar-refractivity contribution in [2.45, 2.75) is 56.8 Å². The second-order valence-electron chi connectivity index (χ2n) is 7.80. The lowest BCUT2D eigenvalue weighted by atomic mass is 10.0. The van der Waals surface area contributed by atoms with Crippen LogP contribution in [0.15, 0.2) is 54.6 Å². The van der Waals surface area contributed by atoms with Gasteiger partial charge in [-0.15, -0.1) is 0 Å². The molecule has 1 heterocycles. The summed E-state index contributed by atoms with van der Waals surface area (Å²) in [5.41, 5.74) is 4.39. The summed E-state index contributed by atoms with van der Waals surface area (Å²) in [6.45, 7) is 2.23. The Hall–Kier alpha value is -1.37. The Balaban J connectivity index is 1.82. The molecule has 1 fully saturated rings. The van der Waals surface area contributed by atoms with Gasteiger partial charge in [0.2, 0.25) is 0 Å². The van der Waals surface area contributed by atoms with E-state index in [-0.39, 0.29) is 11.3 Å². The van der Waals surface area contributed by atoms with Gasteiger partial charge in [0.15, 0.2) is 7.29 Å². The van der Waals surface area contributed by atoms with Crippen molar-refractivity contribution in [2.75, 3.05) is 14.1 Å². The molecule has 0 amide bonds. The fourth-order valence-electron chi connectivity index (χ4n) is 4.37. The Morgan fingerprint density at radius 1 is 0.962 bits per heavy atom. The highest BCUT2D eigenvalue weighted by Crippen LogP contribution is 2.71. The van der Waals surface area contributed by atoms with Gasteiger partial charge in [-0.05, 0) is 62.9 Å². The van der Waals surface area contributed by atoms with Crippen LogP contribution in [0.25, 0.3) is 0 Å². The lowest BCUT2D eigenvalue weighted by Gasteiger charge is -2.32. The maximum atomic E-state index is 14.2. The zero-order valence-corrected chi connectivity index (χ0v) is 17.3. The van der Waals surface area contributed by atoms with Crippen molar-refractivity contribution in [3.05, 3.63) is 71.3 Å². The molecule has 0 aliphatic carbocycles. The summed E-state index contributed by atoms with van der Waals surface area (Å²) in [6, 6.07) is 19.5. The van der Waals surface area contributed by atoms with Gasteiger partial charge in [0.25, 0.3) is 0 Å². The highest BCUT2D eigenvalue weighted by Gasteiger charge is 2.48. The fraction of sp³-hybridized carbons (Fsp3) is 0.478. The maximum Gasteiger partial charge on any atom is 0.160 e. The smallest absolute Gasteiger partial charge is 0.160 e. The first-order valence-corrected chi connectivity index (χ1v) is 11.8. The van der Waals surface area contributed by atoms with Crippen LogP contribution >= 0.6 is 7.29 Å². The molecule has 26 heavy (non-hydrogen) atoms. The van der Waals surface area contributed by atoms with Crippen molar-refractivity contribution < 1.29 is 4.57 Å². The van der Waals surface area contributed by atoms with Gasteiger partial charge in [-0.3, -0.25) is 4.67 Å². The largest absolute Gasteiger partial charge is 0.306 e. The van der Waals surface area contributed by atoms with Gasteiger partial charge in [0.05, 0.1) is 5.66 Å². The van der Waals surface area contributed by atoms with Crippen molar-refractivity contribution in [1.29, 1.82) is 0 Å². The van der Waals surface area contributed by atoms with E-state index < -0.39 is 7.29 Å². The Kier molecular flexibility index (Phi) is 6.37. The first-order valence-electron chi connectivity index (χ1n) is 9.95. The Labute approximate surface area is 159 Å². The number of aryl methyl sites for hydroxylation is 1. The summed E-state index contributed by atoms with van der Waals surface area (Å²) in [5, 5.41) is 0. The summed E-state index contributed by atoms with van der Waals surface area (Å²) in [4.78, 5) is 0. The summed E-state index contributed by atoms with van der Waals surface area (Å²) in [7, 11) is 1.56. The number of nitrogens with zero attached hydrogens (tertiary/aromatic N) is 1. The summed E-state index contributed by atoms with van der Waals surface area (Å²) in [5.74, 6) is 0. The van der Waals surface area contributed by atoms with Crippen LogP contribution in [0.4, 0.5) is 0 Å². The molecule has 1 aliphatic rings. The highest BCUT2D eigenvalue weighted by molar-refractivity contribution is 7.62. The van der Waals surface area contributed by atoms with Gasteiger partial charge in [0.1, 0.15) is 0 Å². The second-order valence-corrected chi connectivity index (χ2v) is 11.3. The lowest BCUT2D eigenvalue weighted by molar-refractivity contribution is 0.500. The van der Waals surface area contributed by atoms with Crippen molar-refractivity contribution in [1.82, 2.24) is 4.67 Å². The lowest BCUT2D eigenvalue weighted by Crippen LogP contribution is -2.20. The van der Waals surface area contributed by atoms with Gasteiger partial charge in [-0.2, -0.15) is 0 Å². The molecule has 1 unspecified atom stereocenters. The molecule has 2 nitrogen and oxygen atoms in total. The molecule has 0 bridgehead atoms. The molecular formula is C23H32NOP. The van der Waals surface area contributed by atoms with Crippen LogP contribution in [0.5, 0.6) is 0 Å². The molecule has 140 valence electrons. The molecule has 3 rings (SSSR count). The molecular weight excluding hydrogens is 337 g/mol. The molecule has 0 spiro atoms. The van der Waals surface area contributed by atoms with Gasteiger partial charge in [0, 0.05) is 5.66 Å². The predicted molar refractivity (Wildman–Crippen MR) is 112 cm³/mol. The van der Waals surface area contributed by atoms with Gasteiger partial charge in [-0.25, -0.2) is 0 Å². The van der Waals surface area contributed by atoms with Crippen molar-refractivity contribution in [3.8, 4) is 0 Å². The van der Waals surface area contributed by atoms with Crippen molar-refractivity contribution in [3.63, 3.8) is 0 Å². The zero-order chi connectivity index (χ0) is 18.6. The third kappa shape index (κ3) is 3.97. The molecule has 2 aromatic rings. The van der Waals surface area contributed by atoms with Crippen LogP contribution in [0, 0.1) is 0 Å². The molecule has 3 atom stereocenters. The molecule has 0 aromatic heterocycles. The fourth-order valence-corrected chi connectivity index (χ4v) is 8.20. The monoisotopic (exact) mass is 369 g/mol. The van der Waals surface area contributed by atoms with E-state index in [2.05, 4.69) is 55.5 Å². The van der Waals surface area contributed by atoms with Gasteiger partial charge < -0.3 is 4.57 Å². The number of unbranched alkanes of at least 4 members (excludes halogenated alkanes) is 1. The standard InChI is InChI=1S/C23H32NOP/c1-4-5-9-19-12-14-21(15-13-19)23-17-16-22(26(23,25)24(2)3)18-20-10-7-6-8-11-20/h6-8,10-15,22-23H,4-5,9,16-18H2,1-3H3/t22-,23-,26?/m0/s1. The molecule has 0 radical (unpaired) electrons. The van der Waals surface area contributed by atoms with Crippen molar-refractivity contribution >= 4 is 7.29 Å². The topological polar surface area (TPSA) is 20.3 Å². The third-order valence-corrected chi connectivity index (χ3v) is 10.1. The first kappa shape index (κ1) is 19.4. The van der Waals surface area contributed by atoms with E-state index in [0.717, 1.165) is 25.7 Å². The number of hydrogen-bond acceptors (Lipinski definition) is 1.